The first-order valence-corrected chi connectivity index (χ1v) is 5.85. The Kier molecular flexibility index (Phi) is 4.39. The van der Waals surface area contributed by atoms with Crippen LogP contribution in [0.15, 0.2) is 0 Å². The van der Waals surface area contributed by atoms with Crippen LogP contribution in [0.3, 0.4) is 0 Å². The van der Waals surface area contributed by atoms with Crippen molar-refractivity contribution < 1.29 is 9.90 Å². The van der Waals surface area contributed by atoms with E-state index in [1.807, 2.05) is 39.8 Å². The summed E-state index contributed by atoms with van der Waals surface area (Å²) in [5.74, 6) is -0.164. The van der Waals surface area contributed by atoms with Gasteiger partial charge in [-0.1, -0.05) is 20.8 Å². The molecule has 1 aromatic rings. The second kappa shape index (κ2) is 5.43. The Bertz CT molecular complexity index is 408. The van der Waals surface area contributed by atoms with Crippen LogP contribution in [0.4, 0.5) is 0 Å². The summed E-state index contributed by atoms with van der Waals surface area (Å²) >= 11 is 0. The molecule has 0 amide bonds. The van der Waals surface area contributed by atoms with Gasteiger partial charge in [0.1, 0.15) is 0 Å². The average Bonchev–Trinajstić information content (AvgIpc) is 2.59. The molecule has 1 aromatic heterocycles. The molecule has 7 heteroatoms. The van der Waals surface area contributed by atoms with Gasteiger partial charge in [-0.15, -0.1) is 5.10 Å². The van der Waals surface area contributed by atoms with Crippen LogP contribution in [0.2, 0.25) is 0 Å². The predicted molar refractivity (Wildman–Crippen MR) is 66.0 cm³/mol. The van der Waals surface area contributed by atoms with Crippen LogP contribution in [0, 0.1) is 5.41 Å². The maximum Gasteiger partial charge on any atom is 0.305 e. The summed E-state index contributed by atoms with van der Waals surface area (Å²) in [5, 5.41) is 20.6. The number of tetrazole rings is 1. The van der Waals surface area contributed by atoms with Gasteiger partial charge in [-0.05, 0) is 29.9 Å². The van der Waals surface area contributed by atoms with Crippen LogP contribution < -0.4 is 0 Å². The van der Waals surface area contributed by atoms with Crippen LogP contribution in [-0.4, -0.2) is 50.3 Å². The quantitative estimate of drug-likeness (QED) is 0.837. The maximum atomic E-state index is 11.0. The van der Waals surface area contributed by atoms with E-state index in [0.29, 0.717) is 12.4 Å². The summed E-state index contributed by atoms with van der Waals surface area (Å²) in [6.07, 6.45) is 0.00890. The fraction of sp³-hybridized carbons (Fsp3) is 0.818. The summed E-state index contributed by atoms with van der Waals surface area (Å²) in [6.45, 7) is 6.55. The second-order valence-electron chi connectivity index (χ2n) is 5.76. The minimum atomic E-state index is -0.846. The third kappa shape index (κ3) is 3.76. The lowest BCUT2D eigenvalue weighted by Gasteiger charge is -2.30. The van der Waals surface area contributed by atoms with Gasteiger partial charge in [-0.2, -0.15) is 0 Å². The standard InChI is InChI=1S/C11H21N5O2/c1-11(2,3)8(6-10(17)18)16-9(7-15(4)5)12-13-14-16/h8H,6-7H2,1-5H3,(H,17,18). The predicted octanol–water partition coefficient (Wildman–Crippen LogP) is 0.797. The molecule has 0 aromatic carbocycles. The van der Waals surface area contributed by atoms with Crippen molar-refractivity contribution in [2.24, 2.45) is 5.41 Å². The molecule has 0 fully saturated rings. The summed E-state index contributed by atoms with van der Waals surface area (Å²) in [7, 11) is 3.84. The zero-order valence-corrected chi connectivity index (χ0v) is 11.6. The highest BCUT2D eigenvalue weighted by Gasteiger charge is 2.31. The molecule has 0 bridgehead atoms. The number of aromatic nitrogens is 4. The van der Waals surface area contributed by atoms with Crippen molar-refractivity contribution in [3.05, 3.63) is 5.82 Å². The van der Waals surface area contributed by atoms with Gasteiger partial charge in [0.05, 0.1) is 19.0 Å². The van der Waals surface area contributed by atoms with Gasteiger partial charge in [0, 0.05) is 0 Å². The van der Waals surface area contributed by atoms with Gasteiger partial charge in [0.2, 0.25) is 0 Å². The van der Waals surface area contributed by atoms with Gasteiger partial charge >= 0.3 is 5.97 Å². The summed E-state index contributed by atoms with van der Waals surface area (Å²) in [4.78, 5) is 12.9. The molecule has 1 rings (SSSR count). The van der Waals surface area contributed by atoms with Crippen molar-refractivity contribution >= 4 is 5.97 Å². The van der Waals surface area contributed by atoms with Crippen molar-refractivity contribution in [2.75, 3.05) is 14.1 Å². The number of hydrogen-bond donors (Lipinski definition) is 1. The van der Waals surface area contributed by atoms with Crippen molar-refractivity contribution in [3.63, 3.8) is 0 Å². The highest BCUT2D eigenvalue weighted by atomic mass is 16.4. The van der Waals surface area contributed by atoms with Crippen LogP contribution in [0.5, 0.6) is 0 Å². The molecule has 0 aliphatic rings. The monoisotopic (exact) mass is 255 g/mol. The van der Waals surface area contributed by atoms with Crippen LogP contribution in [0.25, 0.3) is 0 Å². The Morgan fingerprint density at radius 3 is 2.50 bits per heavy atom. The first-order chi connectivity index (χ1) is 8.21. The van der Waals surface area contributed by atoms with Crippen molar-refractivity contribution in [1.82, 2.24) is 25.1 Å². The summed E-state index contributed by atoms with van der Waals surface area (Å²) in [5.41, 5.74) is -0.227. The maximum absolute atomic E-state index is 11.0. The minimum absolute atomic E-state index is 0.00890. The molecular weight excluding hydrogens is 234 g/mol. The third-order valence-corrected chi connectivity index (χ3v) is 2.68. The van der Waals surface area contributed by atoms with E-state index in [9.17, 15) is 4.79 Å². The molecular formula is C11H21N5O2. The van der Waals surface area contributed by atoms with Gasteiger partial charge in [-0.25, -0.2) is 4.68 Å². The van der Waals surface area contributed by atoms with Gasteiger partial charge < -0.3 is 10.0 Å². The first kappa shape index (κ1) is 14.6. The lowest BCUT2D eigenvalue weighted by atomic mass is 9.85. The van der Waals surface area contributed by atoms with E-state index in [2.05, 4.69) is 15.5 Å². The SMILES string of the molecule is CN(C)Cc1nnnn1C(CC(=O)O)C(C)(C)C. The lowest BCUT2D eigenvalue weighted by molar-refractivity contribution is -0.138. The molecule has 0 saturated carbocycles. The fourth-order valence-corrected chi connectivity index (χ4v) is 1.77. The normalized spacial score (nSPS) is 13.9. The largest absolute Gasteiger partial charge is 0.481 e. The Balaban J connectivity index is 3.05. The molecule has 1 N–H and O–H groups in total. The highest BCUT2D eigenvalue weighted by molar-refractivity contribution is 5.67. The fourth-order valence-electron chi connectivity index (χ4n) is 1.77. The van der Waals surface area contributed by atoms with E-state index in [-0.39, 0.29) is 17.9 Å². The first-order valence-electron chi connectivity index (χ1n) is 5.85. The van der Waals surface area contributed by atoms with Crippen molar-refractivity contribution in [3.8, 4) is 0 Å². The van der Waals surface area contributed by atoms with Gasteiger partial charge in [0.25, 0.3) is 0 Å². The molecule has 7 nitrogen and oxygen atoms in total. The number of carbonyl (C=O) groups is 1. The zero-order valence-electron chi connectivity index (χ0n) is 11.6. The number of hydrogen-bond acceptors (Lipinski definition) is 5. The molecule has 0 radical (unpaired) electrons. The number of carboxylic acids is 1. The Morgan fingerprint density at radius 1 is 1.44 bits per heavy atom. The van der Waals surface area contributed by atoms with Crippen molar-refractivity contribution in [1.29, 1.82) is 0 Å². The van der Waals surface area contributed by atoms with E-state index in [1.54, 1.807) is 4.68 Å². The number of rotatable bonds is 5. The number of nitrogens with zero attached hydrogens (tertiary/aromatic N) is 5. The molecule has 1 heterocycles. The van der Waals surface area contributed by atoms with Crippen molar-refractivity contribution in [2.45, 2.75) is 39.8 Å². The Morgan fingerprint density at radius 2 is 2.06 bits per heavy atom. The van der Waals surface area contributed by atoms with E-state index in [0.717, 1.165) is 0 Å². The Hall–Kier alpha value is -1.50. The van der Waals surface area contributed by atoms with Crippen LogP contribution >= 0.6 is 0 Å². The van der Waals surface area contributed by atoms with E-state index >= 15 is 0 Å². The smallest absolute Gasteiger partial charge is 0.305 e. The summed E-state index contributed by atoms with van der Waals surface area (Å²) < 4.78 is 1.63. The van der Waals surface area contributed by atoms with Crippen LogP contribution in [-0.2, 0) is 11.3 Å². The summed E-state index contributed by atoms with van der Waals surface area (Å²) in [6, 6.07) is -0.264. The molecule has 0 saturated heterocycles. The topological polar surface area (TPSA) is 84.1 Å². The average molecular weight is 255 g/mol. The number of carboxylic acid groups (broad SMARTS) is 1. The van der Waals surface area contributed by atoms with E-state index in [1.165, 1.54) is 0 Å². The third-order valence-electron chi connectivity index (χ3n) is 2.68. The molecule has 0 spiro atoms. The molecule has 1 atom stereocenters. The minimum Gasteiger partial charge on any atom is -0.481 e. The second-order valence-corrected chi connectivity index (χ2v) is 5.76. The van der Waals surface area contributed by atoms with Crippen LogP contribution in [0.1, 0.15) is 39.1 Å². The zero-order chi connectivity index (χ0) is 13.9. The highest BCUT2D eigenvalue weighted by Crippen LogP contribution is 2.33. The molecule has 18 heavy (non-hydrogen) atoms. The molecule has 0 aliphatic heterocycles. The van der Waals surface area contributed by atoms with Gasteiger partial charge in [-0.3, -0.25) is 4.79 Å². The molecule has 102 valence electrons. The van der Waals surface area contributed by atoms with E-state index < -0.39 is 5.97 Å². The molecule has 1 unspecified atom stereocenters. The molecule has 0 aliphatic carbocycles. The van der Waals surface area contributed by atoms with Gasteiger partial charge in [0.15, 0.2) is 5.82 Å². The lowest BCUT2D eigenvalue weighted by Crippen LogP contribution is -2.30. The Labute approximate surface area is 107 Å². The van der Waals surface area contributed by atoms with E-state index in [4.69, 9.17) is 5.11 Å². The number of aliphatic carboxylic acids is 1.